The van der Waals surface area contributed by atoms with Crippen molar-refractivity contribution in [3.63, 3.8) is 0 Å². The van der Waals surface area contributed by atoms with Gasteiger partial charge in [0.15, 0.2) is 6.61 Å². The number of ether oxygens (including phenoxy) is 2. The lowest BCUT2D eigenvalue weighted by atomic mass is 10.1. The Bertz CT molecular complexity index is 903. The van der Waals surface area contributed by atoms with E-state index < -0.39 is 6.04 Å². The second-order valence-electron chi connectivity index (χ2n) is 7.50. The standard InChI is InChI=1S/C25H33BrN2O4/c1-5-13-27-25(30)22(7-3)28(16-19-9-8-10-20(14-19)31-4)24(29)17-32-23-12-11-18(6-2)15-21(23)26/h8-12,14-15,22H,5-7,13,16-17H2,1-4H3,(H,27,30)/t22-/m1/s1. The molecule has 2 rings (SSSR count). The number of carbonyl (C=O) groups excluding carboxylic acids is 2. The van der Waals surface area contributed by atoms with Crippen LogP contribution in [0, 0.1) is 0 Å². The summed E-state index contributed by atoms with van der Waals surface area (Å²) in [6.45, 7) is 6.68. The average molecular weight is 505 g/mol. The summed E-state index contributed by atoms with van der Waals surface area (Å²) in [4.78, 5) is 27.7. The number of hydrogen-bond acceptors (Lipinski definition) is 4. The number of aryl methyl sites for hydroxylation is 1. The van der Waals surface area contributed by atoms with Crippen molar-refractivity contribution in [1.29, 1.82) is 0 Å². The Morgan fingerprint density at radius 1 is 1.09 bits per heavy atom. The summed E-state index contributed by atoms with van der Waals surface area (Å²) in [6.07, 6.45) is 2.24. The summed E-state index contributed by atoms with van der Waals surface area (Å²) in [7, 11) is 1.60. The van der Waals surface area contributed by atoms with Crippen LogP contribution in [0.4, 0.5) is 0 Å². The summed E-state index contributed by atoms with van der Waals surface area (Å²) >= 11 is 3.51. The molecule has 1 N–H and O–H groups in total. The number of benzene rings is 2. The zero-order chi connectivity index (χ0) is 23.5. The zero-order valence-electron chi connectivity index (χ0n) is 19.3. The number of rotatable bonds is 12. The monoisotopic (exact) mass is 504 g/mol. The molecule has 1 atom stereocenters. The minimum atomic E-state index is -0.588. The Balaban J connectivity index is 2.23. The Labute approximate surface area is 199 Å². The molecular weight excluding hydrogens is 472 g/mol. The van der Waals surface area contributed by atoms with Crippen molar-refractivity contribution in [3.8, 4) is 11.5 Å². The molecule has 174 valence electrons. The van der Waals surface area contributed by atoms with Gasteiger partial charge < -0.3 is 19.7 Å². The molecule has 0 aromatic heterocycles. The Morgan fingerprint density at radius 3 is 2.50 bits per heavy atom. The summed E-state index contributed by atoms with van der Waals surface area (Å²) in [5.41, 5.74) is 2.06. The molecule has 0 radical (unpaired) electrons. The van der Waals surface area contributed by atoms with Crippen molar-refractivity contribution in [2.45, 2.75) is 52.6 Å². The SMILES string of the molecule is CCCNC(=O)[C@@H](CC)N(Cc1cccc(OC)c1)C(=O)COc1ccc(CC)cc1Br. The van der Waals surface area contributed by atoms with Crippen molar-refractivity contribution in [2.75, 3.05) is 20.3 Å². The highest BCUT2D eigenvalue weighted by Crippen LogP contribution is 2.26. The lowest BCUT2D eigenvalue weighted by Gasteiger charge is -2.30. The number of amides is 2. The van der Waals surface area contributed by atoms with E-state index in [4.69, 9.17) is 9.47 Å². The minimum Gasteiger partial charge on any atom is -0.497 e. The fourth-order valence-corrected chi connectivity index (χ4v) is 3.90. The van der Waals surface area contributed by atoms with Crippen LogP contribution in [-0.4, -0.2) is 43.0 Å². The molecule has 7 heteroatoms. The Hall–Kier alpha value is -2.54. The Morgan fingerprint density at radius 2 is 1.88 bits per heavy atom. The van der Waals surface area contributed by atoms with Gasteiger partial charge in [0.2, 0.25) is 5.91 Å². The van der Waals surface area contributed by atoms with Gasteiger partial charge in [-0.25, -0.2) is 0 Å². The van der Waals surface area contributed by atoms with Gasteiger partial charge in [-0.05, 0) is 70.6 Å². The topological polar surface area (TPSA) is 67.9 Å². The molecule has 0 unspecified atom stereocenters. The van der Waals surface area contributed by atoms with Gasteiger partial charge in [0.05, 0.1) is 11.6 Å². The van der Waals surface area contributed by atoms with Crippen molar-refractivity contribution < 1.29 is 19.1 Å². The summed E-state index contributed by atoms with van der Waals surface area (Å²) in [6, 6.07) is 12.7. The molecule has 0 bridgehead atoms. The van der Waals surface area contributed by atoms with E-state index in [9.17, 15) is 9.59 Å². The van der Waals surface area contributed by atoms with Gasteiger partial charge in [0, 0.05) is 13.1 Å². The van der Waals surface area contributed by atoms with Crippen LogP contribution in [0.15, 0.2) is 46.9 Å². The van der Waals surface area contributed by atoms with Crippen LogP contribution in [0.2, 0.25) is 0 Å². The first kappa shape index (κ1) is 25.7. The largest absolute Gasteiger partial charge is 0.497 e. The number of halogens is 1. The average Bonchev–Trinajstić information content (AvgIpc) is 2.81. The van der Waals surface area contributed by atoms with Crippen LogP contribution in [-0.2, 0) is 22.6 Å². The van der Waals surface area contributed by atoms with E-state index in [1.165, 1.54) is 5.56 Å². The van der Waals surface area contributed by atoms with Crippen LogP contribution in [0.5, 0.6) is 11.5 Å². The van der Waals surface area contributed by atoms with E-state index in [2.05, 4.69) is 28.2 Å². The van der Waals surface area contributed by atoms with Gasteiger partial charge in [-0.1, -0.05) is 39.0 Å². The van der Waals surface area contributed by atoms with Gasteiger partial charge >= 0.3 is 0 Å². The van der Waals surface area contributed by atoms with E-state index in [0.717, 1.165) is 22.9 Å². The number of hydrogen-bond donors (Lipinski definition) is 1. The highest BCUT2D eigenvalue weighted by molar-refractivity contribution is 9.10. The lowest BCUT2D eigenvalue weighted by Crippen LogP contribution is -2.50. The van der Waals surface area contributed by atoms with Gasteiger partial charge in [0.25, 0.3) is 5.91 Å². The molecule has 0 fully saturated rings. The normalized spacial score (nSPS) is 11.5. The second kappa shape index (κ2) is 13.1. The lowest BCUT2D eigenvalue weighted by molar-refractivity contribution is -0.143. The maximum atomic E-state index is 13.3. The van der Waals surface area contributed by atoms with E-state index in [1.807, 2.05) is 56.3 Å². The van der Waals surface area contributed by atoms with Gasteiger partial charge in [-0.15, -0.1) is 0 Å². The van der Waals surface area contributed by atoms with Crippen molar-refractivity contribution in [3.05, 3.63) is 58.1 Å². The summed E-state index contributed by atoms with van der Waals surface area (Å²) < 4.78 is 11.9. The molecule has 0 aliphatic rings. The van der Waals surface area contributed by atoms with E-state index >= 15 is 0 Å². The van der Waals surface area contributed by atoms with Crippen LogP contribution in [0.1, 0.15) is 44.7 Å². The molecule has 32 heavy (non-hydrogen) atoms. The minimum absolute atomic E-state index is 0.154. The number of nitrogens with zero attached hydrogens (tertiary/aromatic N) is 1. The highest BCUT2D eigenvalue weighted by atomic mass is 79.9. The van der Waals surface area contributed by atoms with Crippen LogP contribution < -0.4 is 14.8 Å². The van der Waals surface area contributed by atoms with E-state index in [-0.39, 0.29) is 25.0 Å². The molecule has 0 spiro atoms. The quantitative estimate of drug-likeness (QED) is 0.453. The van der Waals surface area contributed by atoms with Gasteiger partial charge in [-0.3, -0.25) is 9.59 Å². The predicted octanol–water partition coefficient (Wildman–Crippen LogP) is 4.73. The zero-order valence-corrected chi connectivity index (χ0v) is 20.9. The fourth-order valence-electron chi connectivity index (χ4n) is 3.36. The first-order valence-corrected chi connectivity index (χ1v) is 11.8. The summed E-state index contributed by atoms with van der Waals surface area (Å²) in [5, 5.41) is 2.92. The summed E-state index contributed by atoms with van der Waals surface area (Å²) in [5.74, 6) is 0.895. The molecule has 0 saturated carbocycles. The molecule has 2 aromatic rings. The van der Waals surface area contributed by atoms with E-state index in [1.54, 1.807) is 12.0 Å². The molecular formula is C25H33BrN2O4. The fraction of sp³-hybridized carbons (Fsp3) is 0.440. The molecule has 0 saturated heterocycles. The maximum Gasteiger partial charge on any atom is 0.261 e. The van der Waals surface area contributed by atoms with Crippen molar-refractivity contribution in [2.24, 2.45) is 0 Å². The molecule has 0 heterocycles. The van der Waals surface area contributed by atoms with Crippen LogP contribution in [0.25, 0.3) is 0 Å². The second-order valence-corrected chi connectivity index (χ2v) is 8.35. The third-order valence-electron chi connectivity index (χ3n) is 5.18. The van der Waals surface area contributed by atoms with Gasteiger partial charge in [-0.2, -0.15) is 0 Å². The van der Waals surface area contributed by atoms with Crippen LogP contribution in [0.3, 0.4) is 0 Å². The predicted molar refractivity (Wildman–Crippen MR) is 130 cm³/mol. The molecule has 2 amide bonds. The Kier molecular flexibility index (Phi) is 10.5. The molecule has 0 aliphatic heterocycles. The first-order chi connectivity index (χ1) is 15.4. The highest BCUT2D eigenvalue weighted by Gasteiger charge is 2.29. The number of carbonyl (C=O) groups is 2. The maximum absolute atomic E-state index is 13.3. The first-order valence-electron chi connectivity index (χ1n) is 11.0. The van der Waals surface area contributed by atoms with Gasteiger partial charge in [0.1, 0.15) is 17.5 Å². The molecule has 6 nitrogen and oxygen atoms in total. The molecule has 2 aromatic carbocycles. The van der Waals surface area contributed by atoms with Crippen molar-refractivity contribution in [1.82, 2.24) is 10.2 Å². The molecule has 0 aliphatic carbocycles. The smallest absolute Gasteiger partial charge is 0.261 e. The number of nitrogens with one attached hydrogen (secondary N) is 1. The number of methoxy groups -OCH3 is 1. The third kappa shape index (κ3) is 7.26. The van der Waals surface area contributed by atoms with Crippen LogP contribution >= 0.6 is 15.9 Å². The van der Waals surface area contributed by atoms with Crippen molar-refractivity contribution >= 4 is 27.7 Å². The third-order valence-corrected chi connectivity index (χ3v) is 5.80. The van der Waals surface area contributed by atoms with E-state index in [0.29, 0.717) is 24.5 Å².